The highest BCUT2D eigenvalue weighted by Gasteiger charge is 2.37. The lowest BCUT2D eigenvalue weighted by Gasteiger charge is -2.30. The van der Waals surface area contributed by atoms with Crippen LogP contribution >= 0.6 is 11.8 Å². The number of hydrogen-bond acceptors (Lipinski definition) is 6. The van der Waals surface area contributed by atoms with Crippen molar-refractivity contribution < 1.29 is 4.79 Å². The molecule has 28 heavy (non-hydrogen) atoms. The van der Waals surface area contributed by atoms with Crippen molar-refractivity contribution in [3.05, 3.63) is 35.4 Å². The number of aliphatic imine (C=N–C) groups is 1. The van der Waals surface area contributed by atoms with Crippen molar-refractivity contribution in [3.8, 4) is 0 Å². The lowest BCUT2D eigenvalue weighted by atomic mass is 10.00. The molecule has 8 heteroatoms. The monoisotopic (exact) mass is 396 g/mol. The zero-order valence-corrected chi connectivity index (χ0v) is 17.2. The van der Waals surface area contributed by atoms with E-state index in [9.17, 15) is 4.79 Å². The molecule has 1 aromatic rings. The summed E-state index contributed by atoms with van der Waals surface area (Å²) in [7, 11) is 3.96. The van der Waals surface area contributed by atoms with Crippen LogP contribution in [0.4, 0.5) is 5.69 Å². The van der Waals surface area contributed by atoms with Crippen molar-refractivity contribution in [2.24, 2.45) is 16.0 Å². The molecule has 0 spiro atoms. The van der Waals surface area contributed by atoms with Crippen molar-refractivity contribution in [2.75, 3.05) is 32.1 Å². The van der Waals surface area contributed by atoms with Crippen LogP contribution in [0.15, 0.2) is 39.9 Å². The van der Waals surface area contributed by atoms with Gasteiger partial charge in [0.05, 0.1) is 5.57 Å². The maximum atomic E-state index is 12.5. The number of piperidine rings is 1. The van der Waals surface area contributed by atoms with E-state index in [0.29, 0.717) is 5.17 Å². The number of anilines is 1. The minimum atomic E-state index is -0.385. The molecule has 3 heterocycles. The van der Waals surface area contributed by atoms with Crippen LogP contribution < -0.4 is 4.90 Å². The van der Waals surface area contributed by atoms with Gasteiger partial charge in [-0.05, 0) is 54.3 Å². The topological polar surface area (TPSA) is 75.4 Å². The van der Waals surface area contributed by atoms with Gasteiger partial charge in [0.25, 0.3) is 5.91 Å². The van der Waals surface area contributed by atoms with Crippen LogP contribution in [0.3, 0.4) is 0 Å². The average molecular weight is 397 g/mol. The van der Waals surface area contributed by atoms with Crippen LogP contribution in [0.1, 0.15) is 25.3 Å². The second-order valence-electron chi connectivity index (χ2n) is 7.56. The summed E-state index contributed by atoms with van der Waals surface area (Å²) in [6.45, 7) is 4.18. The third-order valence-corrected chi connectivity index (χ3v) is 6.19. The Morgan fingerprint density at radius 1 is 1.18 bits per heavy atom. The number of thioether (sulfide) groups is 1. The van der Waals surface area contributed by atoms with Gasteiger partial charge in [-0.1, -0.05) is 19.1 Å². The van der Waals surface area contributed by atoms with E-state index in [1.165, 1.54) is 16.8 Å². The van der Waals surface area contributed by atoms with Gasteiger partial charge >= 0.3 is 0 Å². The Morgan fingerprint density at radius 2 is 1.86 bits per heavy atom. The van der Waals surface area contributed by atoms with Crippen molar-refractivity contribution in [1.29, 1.82) is 5.41 Å². The number of rotatable bonds is 2. The van der Waals surface area contributed by atoms with E-state index >= 15 is 0 Å². The molecule has 0 bridgehead atoms. The summed E-state index contributed by atoms with van der Waals surface area (Å²) in [6.07, 6.45) is 3.98. The summed E-state index contributed by atoms with van der Waals surface area (Å²) in [5.41, 5.74) is 2.20. The van der Waals surface area contributed by atoms with Gasteiger partial charge in [-0.3, -0.25) is 10.2 Å². The fourth-order valence-electron chi connectivity index (χ4n) is 3.35. The van der Waals surface area contributed by atoms with Gasteiger partial charge in [-0.15, -0.1) is 5.10 Å². The molecule has 7 nitrogen and oxygen atoms in total. The molecule has 3 aliphatic heterocycles. The number of carbonyl (C=O) groups is 1. The Bertz CT molecular complexity index is 894. The number of fused-ring (bicyclic) bond motifs is 1. The molecule has 1 saturated heterocycles. The quantitative estimate of drug-likeness (QED) is 0.778. The third-order valence-electron chi connectivity index (χ3n) is 5.22. The predicted octanol–water partition coefficient (Wildman–Crippen LogP) is 3.06. The van der Waals surface area contributed by atoms with Gasteiger partial charge in [0.2, 0.25) is 5.17 Å². The second-order valence-corrected chi connectivity index (χ2v) is 8.49. The Balaban J connectivity index is 1.56. The molecular weight excluding hydrogens is 372 g/mol. The first-order chi connectivity index (χ1) is 13.4. The van der Waals surface area contributed by atoms with E-state index in [4.69, 9.17) is 5.41 Å². The smallest absolute Gasteiger partial charge is 0.283 e. The van der Waals surface area contributed by atoms with Crippen LogP contribution in [-0.4, -0.2) is 59.2 Å². The lowest BCUT2D eigenvalue weighted by Crippen LogP contribution is -2.36. The molecule has 0 atom stereocenters. The normalized spacial score (nSPS) is 21.8. The SMILES string of the molecule is CC1CCN(C2=NN3C(=N)/C(=C\c4ccc(N(C)C)cc4)C(=O)N=C3S2)CC1. The molecule has 3 aliphatic rings. The summed E-state index contributed by atoms with van der Waals surface area (Å²) in [4.78, 5) is 21.0. The number of amides is 1. The van der Waals surface area contributed by atoms with E-state index in [-0.39, 0.29) is 17.3 Å². The van der Waals surface area contributed by atoms with E-state index in [0.717, 1.165) is 48.3 Å². The van der Waals surface area contributed by atoms with E-state index < -0.39 is 0 Å². The summed E-state index contributed by atoms with van der Waals surface area (Å²) in [6, 6.07) is 7.84. The van der Waals surface area contributed by atoms with Crippen molar-refractivity contribution >= 4 is 45.6 Å². The minimum Gasteiger partial charge on any atom is -0.378 e. The van der Waals surface area contributed by atoms with E-state index in [2.05, 4.69) is 21.9 Å². The zero-order valence-electron chi connectivity index (χ0n) is 16.3. The molecular formula is C20H24N6OS. The number of hydrazone groups is 1. The minimum absolute atomic E-state index is 0.0829. The Morgan fingerprint density at radius 3 is 2.50 bits per heavy atom. The van der Waals surface area contributed by atoms with Crippen LogP contribution in [0.2, 0.25) is 0 Å². The molecule has 1 amide bonds. The van der Waals surface area contributed by atoms with Gasteiger partial charge in [-0.2, -0.15) is 10.0 Å². The van der Waals surface area contributed by atoms with E-state index in [1.54, 1.807) is 6.08 Å². The molecule has 0 aliphatic carbocycles. The molecule has 146 valence electrons. The summed E-state index contributed by atoms with van der Waals surface area (Å²) < 4.78 is 0. The molecule has 0 radical (unpaired) electrons. The summed E-state index contributed by atoms with van der Waals surface area (Å²) in [5.74, 6) is 0.431. The molecule has 1 aromatic carbocycles. The maximum absolute atomic E-state index is 12.5. The highest BCUT2D eigenvalue weighted by molar-refractivity contribution is 8.26. The van der Waals surface area contributed by atoms with Gasteiger partial charge in [0.15, 0.2) is 11.0 Å². The standard InChI is InChI=1S/C20H24N6OS/c1-13-8-10-25(11-9-13)20-23-26-17(21)16(18(27)22-19(26)28-20)12-14-4-6-15(7-5-14)24(2)3/h4-7,12-13,21H,8-11H2,1-3H3/b16-12+,21-17?. The van der Waals surface area contributed by atoms with Crippen LogP contribution in [-0.2, 0) is 4.79 Å². The third kappa shape index (κ3) is 3.56. The first-order valence-corrected chi connectivity index (χ1v) is 10.3. The number of nitrogens with one attached hydrogen (secondary N) is 1. The van der Waals surface area contributed by atoms with Gasteiger partial charge in [-0.25, -0.2) is 0 Å². The number of nitrogens with zero attached hydrogens (tertiary/aromatic N) is 5. The average Bonchev–Trinajstić information content (AvgIpc) is 3.10. The van der Waals surface area contributed by atoms with Crippen molar-refractivity contribution in [3.63, 3.8) is 0 Å². The second kappa shape index (κ2) is 7.43. The molecule has 0 saturated carbocycles. The van der Waals surface area contributed by atoms with Gasteiger partial charge in [0.1, 0.15) is 0 Å². The van der Waals surface area contributed by atoms with Crippen LogP contribution in [0.25, 0.3) is 6.08 Å². The Hall–Kier alpha value is -2.61. The van der Waals surface area contributed by atoms with Crippen molar-refractivity contribution in [1.82, 2.24) is 9.91 Å². The fourth-order valence-corrected chi connectivity index (χ4v) is 4.29. The predicted molar refractivity (Wildman–Crippen MR) is 116 cm³/mol. The Kier molecular flexibility index (Phi) is 4.97. The van der Waals surface area contributed by atoms with E-state index in [1.807, 2.05) is 43.3 Å². The van der Waals surface area contributed by atoms with Crippen LogP contribution in [0.5, 0.6) is 0 Å². The maximum Gasteiger partial charge on any atom is 0.283 e. The number of likely N-dealkylation sites (tertiary alicyclic amines) is 1. The largest absolute Gasteiger partial charge is 0.378 e. The fraction of sp³-hybridized carbons (Fsp3) is 0.400. The lowest BCUT2D eigenvalue weighted by molar-refractivity contribution is -0.114. The molecule has 4 rings (SSSR count). The molecule has 0 aromatic heterocycles. The highest BCUT2D eigenvalue weighted by atomic mass is 32.2. The van der Waals surface area contributed by atoms with Crippen LogP contribution in [0, 0.1) is 11.3 Å². The molecule has 0 unspecified atom stereocenters. The number of carbonyl (C=O) groups excluding carboxylic acids is 1. The number of benzene rings is 1. The van der Waals surface area contributed by atoms with Crippen molar-refractivity contribution in [2.45, 2.75) is 19.8 Å². The van der Waals surface area contributed by atoms with Gasteiger partial charge in [0, 0.05) is 32.9 Å². The molecule has 1 fully saturated rings. The summed E-state index contributed by atoms with van der Waals surface area (Å²) in [5, 5.41) is 15.9. The summed E-state index contributed by atoms with van der Waals surface area (Å²) >= 11 is 1.38. The first-order valence-electron chi connectivity index (χ1n) is 9.45. The Labute approximate surface area is 169 Å². The van der Waals surface area contributed by atoms with Gasteiger partial charge < -0.3 is 9.80 Å². The molecule has 1 N–H and O–H groups in total. The zero-order chi connectivity index (χ0) is 19.8. The highest BCUT2D eigenvalue weighted by Crippen LogP contribution is 2.31. The first kappa shape index (κ1) is 18.7. The number of hydrogen-bond donors (Lipinski definition) is 1. The number of amidine groups is 3.